The van der Waals surface area contributed by atoms with Crippen molar-refractivity contribution in [1.82, 2.24) is 14.5 Å². The molecule has 0 spiro atoms. The van der Waals surface area contributed by atoms with E-state index in [0.29, 0.717) is 10.7 Å². The first kappa shape index (κ1) is 15.4. The van der Waals surface area contributed by atoms with Gasteiger partial charge in [-0.1, -0.05) is 11.6 Å². The number of nitrogens with zero attached hydrogens (tertiary/aromatic N) is 3. The van der Waals surface area contributed by atoms with Crippen LogP contribution in [0, 0.1) is 6.92 Å². The van der Waals surface area contributed by atoms with Crippen molar-refractivity contribution in [1.29, 1.82) is 0 Å². The number of pyridine rings is 1. The van der Waals surface area contributed by atoms with E-state index < -0.39 is 5.97 Å². The molecule has 120 valence electrons. The Morgan fingerprint density at radius 1 is 1.43 bits per heavy atom. The van der Waals surface area contributed by atoms with Crippen LogP contribution in [-0.2, 0) is 16.1 Å². The second-order valence-electron chi connectivity index (χ2n) is 5.05. The van der Waals surface area contributed by atoms with E-state index in [-0.39, 0.29) is 40.5 Å². The third-order valence-corrected chi connectivity index (χ3v) is 3.78. The quantitative estimate of drug-likeness (QED) is 0.585. The topological polar surface area (TPSA) is 86.4 Å². The highest BCUT2D eigenvalue weighted by Gasteiger charge is 2.20. The number of carbonyl (C=O) groups excluding carboxylic acids is 1. The van der Waals surface area contributed by atoms with Crippen LogP contribution < -0.4 is 5.43 Å². The summed E-state index contributed by atoms with van der Waals surface area (Å²) in [4.78, 5) is 24.4. The molecule has 0 saturated heterocycles. The molecule has 8 heteroatoms. The number of hydrogen-bond donors (Lipinski definition) is 1. The van der Waals surface area contributed by atoms with Crippen LogP contribution in [-0.4, -0.2) is 32.3 Å². The number of fused-ring (bicyclic) bond motifs is 2. The average Bonchev–Trinajstić information content (AvgIpc) is 2.81. The lowest BCUT2D eigenvalue weighted by Crippen LogP contribution is -2.17. The van der Waals surface area contributed by atoms with Gasteiger partial charge in [-0.3, -0.25) is 9.59 Å². The molecule has 0 unspecified atom stereocenters. The number of hydrogen-bond acceptors (Lipinski definition) is 5. The molecular weight excluding hydrogens is 322 g/mol. The van der Waals surface area contributed by atoms with E-state index in [0.717, 1.165) is 4.73 Å². The molecule has 2 aromatic heterocycles. The first-order valence-electron chi connectivity index (χ1n) is 7.00. The molecule has 1 N–H and O–H groups in total. The Kier molecular flexibility index (Phi) is 3.73. The molecule has 3 aromatic rings. The van der Waals surface area contributed by atoms with Gasteiger partial charge in [-0.2, -0.15) is 9.83 Å². The minimum atomic E-state index is -0.499. The Bertz CT molecular complexity index is 990. The van der Waals surface area contributed by atoms with Crippen LogP contribution in [0.1, 0.15) is 12.6 Å². The van der Waals surface area contributed by atoms with Crippen LogP contribution >= 0.6 is 11.6 Å². The summed E-state index contributed by atoms with van der Waals surface area (Å²) in [5.74, 6) is -0.499. The number of halogens is 1. The first-order chi connectivity index (χ1) is 10.9. The van der Waals surface area contributed by atoms with Gasteiger partial charge in [0.1, 0.15) is 6.54 Å². The summed E-state index contributed by atoms with van der Waals surface area (Å²) in [5.41, 5.74) is 0.557. The summed E-state index contributed by atoms with van der Waals surface area (Å²) in [5, 5.41) is 15.6. The van der Waals surface area contributed by atoms with Crippen LogP contribution in [0.5, 0.6) is 0 Å². The smallest absolute Gasteiger partial charge is 0.327 e. The molecular formula is C15H14ClN3O4. The molecule has 0 aliphatic carbocycles. The maximum absolute atomic E-state index is 12.7. The molecule has 0 amide bonds. The standard InChI is InChI=1S/C15H14ClN3O4/c1-3-23-12(20)7-18-15-13(8(2)17-18)14(21)10-6-9(16)4-5-11(10)19(15)22/h4-6,22H,3,7H2,1-2H3. The third kappa shape index (κ3) is 2.43. The Morgan fingerprint density at radius 2 is 2.17 bits per heavy atom. The summed E-state index contributed by atoms with van der Waals surface area (Å²) in [7, 11) is 0. The van der Waals surface area contributed by atoms with Crippen LogP contribution in [0.2, 0.25) is 5.02 Å². The van der Waals surface area contributed by atoms with E-state index in [4.69, 9.17) is 16.3 Å². The van der Waals surface area contributed by atoms with Crippen molar-refractivity contribution in [3.05, 3.63) is 39.1 Å². The zero-order chi connectivity index (χ0) is 16.7. The number of aryl methyl sites for hydroxylation is 1. The number of carbonyl (C=O) groups is 1. The number of rotatable bonds is 3. The van der Waals surface area contributed by atoms with Crippen molar-refractivity contribution in [3.8, 4) is 0 Å². The normalized spacial score (nSPS) is 11.3. The van der Waals surface area contributed by atoms with E-state index in [1.54, 1.807) is 19.9 Å². The Labute approximate surface area is 135 Å². The second kappa shape index (κ2) is 5.58. The van der Waals surface area contributed by atoms with Crippen molar-refractivity contribution >= 4 is 39.5 Å². The maximum Gasteiger partial charge on any atom is 0.327 e. The monoisotopic (exact) mass is 335 g/mol. The van der Waals surface area contributed by atoms with Gasteiger partial charge in [0, 0.05) is 5.02 Å². The molecule has 3 rings (SSSR count). The molecule has 0 aliphatic heterocycles. The van der Waals surface area contributed by atoms with E-state index in [2.05, 4.69) is 5.10 Å². The average molecular weight is 336 g/mol. The Morgan fingerprint density at radius 3 is 2.87 bits per heavy atom. The largest absolute Gasteiger partial charge is 0.465 e. The van der Waals surface area contributed by atoms with E-state index in [9.17, 15) is 14.8 Å². The van der Waals surface area contributed by atoms with Crippen LogP contribution in [0.4, 0.5) is 0 Å². The lowest BCUT2D eigenvalue weighted by Gasteiger charge is -2.09. The van der Waals surface area contributed by atoms with Crippen molar-refractivity contribution in [2.75, 3.05) is 6.61 Å². The molecule has 0 saturated carbocycles. The Hall–Kier alpha value is -2.54. The summed E-state index contributed by atoms with van der Waals surface area (Å²) in [6, 6.07) is 4.60. The SMILES string of the molecule is CCOC(=O)Cn1nc(C)c2c(=O)c3cc(Cl)ccc3n(O)c21. The van der Waals surface area contributed by atoms with Gasteiger partial charge in [0.15, 0.2) is 5.65 Å². The van der Waals surface area contributed by atoms with Crippen molar-refractivity contribution in [3.63, 3.8) is 0 Å². The Balaban J connectivity index is 2.34. The third-order valence-electron chi connectivity index (χ3n) is 3.54. The summed E-state index contributed by atoms with van der Waals surface area (Å²) in [6.45, 7) is 3.38. The second-order valence-corrected chi connectivity index (χ2v) is 5.49. The predicted molar refractivity (Wildman–Crippen MR) is 85.1 cm³/mol. The number of ether oxygens (including phenoxy) is 1. The van der Waals surface area contributed by atoms with Gasteiger partial charge in [0.05, 0.1) is 28.6 Å². The first-order valence-corrected chi connectivity index (χ1v) is 7.38. The minimum absolute atomic E-state index is 0.148. The molecule has 2 heterocycles. The zero-order valence-corrected chi connectivity index (χ0v) is 13.3. The van der Waals surface area contributed by atoms with Gasteiger partial charge in [-0.25, -0.2) is 4.68 Å². The van der Waals surface area contributed by atoms with E-state index in [1.165, 1.54) is 16.8 Å². The fourth-order valence-electron chi connectivity index (χ4n) is 2.61. The van der Waals surface area contributed by atoms with Crippen LogP contribution in [0.15, 0.2) is 23.0 Å². The maximum atomic E-state index is 12.7. The van der Waals surface area contributed by atoms with E-state index in [1.807, 2.05) is 0 Å². The van der Waals surface area contributed by atoms with Crippen LogP contribution in [0.3, 0.4) is 0 Å². The predicted octanol–water partition coefficient (Wildman–Crippen LogP) is 2.11. The molecule has 0 atom stereocenters. The molecule has 0 radical (unpaired) electrons. The number of aromatic nitrogens is 3. The fraction of sp³-hybridized carbons (Fsp3) is 0.267. The molecule has 0 bridgehead atoms. The van der Waals surface area contributed by atoms with Gasteiger partial charge in [0.2, 0.25) is 5.43 Å². The van der Waals surface area contributed by atoms with Crippen molar-refractivity contribution < 1.29 is 14.7 Å². The highest BCUT2D eigenvalue weighted by Crippen LogP contribution is 2.22. The van der Waals surface area contributed by atoms with E-state index >= 15 is 0 Å². The zero-order valence-electron chi connectivity index (χ0n) is 12.5. The summed E-state index contributed by atoms with van der Waals surface area (Å²) >= 11 is 5.93. The summed E-state index contributed by atoms with van der Waals surface area (Å²) in [6.07, 6.45) is 0. The summed E-state index contributed by atoms with van der Waals surface area (Å²) < 4.78 is 7.00. The lowest BCUT2D eigenvalue weighted by molar-refractivity contribution is -0.143. The van der Waals surface area contributed by atoms with Gasteiger partial charge in [-0.15, -0.1) is 0 Å². The molecule has 0 fully saturated rings. The number of esters is 1. The highest BCUT2D eigenvalue weighted by atomic mass is 35.5. The van der Waals surface area contributed by atoms with Crippen molar-refractivity contribution in [2.24, 2.45) is 0 Å². The van der Waals surface area contributed by atoms with Crippen molar-refractivity contribution in [2.45, 2.75) is 20.4 Å². The fourth-order valence-corrected chi connectivity index (χ4v) is 2.79. The molecule has 23 heavy (non-hydrogen) atoms. The highest BCUT2D eigenvalue weighted by molar-refractivity contribution is 6.31. The van der Waals surface area contributed by atoms with Gasteiger partial charge in [0.25, 0.3) is 0 Å². The molecule has 1 aromatic carbocycles. The lowest BCUT2D eigenvalue weighted by atomic mass is 10.1. The van der Waals surface area contributed by atoms with Crippen LogP contribution in [0.25, 0.3) is 21.9 Å². The molecule has 7 nitrogen and oxygen atoms in total. The van der Waals surface area contributed by atoms with Gasteiger partial charge >= 0.3 is 5.97 Å². The minimum Gasteiger partial charge on any atom is -0.465 e. The van der Waals surface area contributed by atoms with Gasteiger partial charge in [-0.05, 0) is 32.0 Å². The van der Waals surface area contributed by atoms with Gasteiger partial charge < -0.3 is 9.94 Å². The number of benzene rings is 1. The molecule has 0 aliphatic rings.